The number of nitrogens with zero attached hydrogens (tertiary/aromatic N) is 2. The second-order valence-corrected chi connectivity index (χ2v) is 6.98. The van der Waals surface area contributed by atoms with E-state index in [1.54, 1.807) is 6.08 Å². The molecule has 0 spiro atoms. The quantitative estimate of drug-likeness (QED) is 0.692. The minimum atomic E-state index is -0.232. The SMILES string of the molecule is CCCN(CCC)CN1C(=O)S/C(=C/c2ccc3c(c2)OCO3)C1=O. The fourth-order valence-electron chi connectivity index (χ4n) is 2.86. The molecular weight excluding hydrogens is 340 g/mol. The standard InChI is InChI=1S/C18H22N2O4S/c1-3-7-19(8-4-2)11-20-17(21)16(25-18(20)22)10-13-5-6-14-15(9-13)24-12-23-14/h5-6,9-10H,3-4,7-8,11-12H2,1-2H3/b16-10+. The van der Waals surface area contributed by atoms with Crippen LogP contribution in [-0.2, 0) is 4.79 Å². The molecule has 3 rings (SSSR count). The summed E-state index contributed by atoms with van der Waals surface area (Å²) in [5.41, 5.74) is 0.814. The van der Waals surface area contributed by atoms with Gasteiger partial charge in [0.2, 0.25) is 6.79 Å². The highest BCUT2D eigenvalue weighted by atomic mass is 32.2. The van der Waals surface area contributed by atoms with Crippen molar-refractivity contribution in [2.75, 3.05) is 26.6 Å². The first-order valence-corrected chi connectivity index (χ1v) is 9.31. The summed E-state index contributed by atoms with van der Waals surface area (Å²) >= 11 is 0.988. The lowest BCUT2D eigenvalue weighted by Gasteiger charge is -2.25. The van der Waals surface area contributed by atoms with E-state index in [4.69, 9.17) is 9.47 Å². The molecule has 25 heavy (non-hydrogen) atoms. The fourth-order valence-corrected chi connectivity index (χ4v) is 3.69. The molecule has 0 radical (unpaired) electrons. The third-order valence-electron chi connectivity index (χ3n) is 3.99. The molecule has 1 aromatic carbocycles. The van der Waals surface area contributed by atoms with E-state index in [2.05, 4.69) is 18.7 Å². The topological polar surface area (TPSA) is 59.1 Å². The number of hydrogen-bond acceptors (Lipinski definition) is 6. The highest BCUT2D eigenvalue weighted by Gasteiger charge is 2.35. The van der Waals surface area contributed by atoms with Crippen molar-refractivity contribution < 1.29 is 19.1 Å². The van der Waals surface area contributed by atoms with E-state index in [9.17, 15) is 9.59 Å². The van der Waals surface area contributed by atoms with Gasteiger partial charge < -0.3 is 9.47 Å². The van der Waals surface area contributed by atoms with Gasteiger partial charge in [-0.2, -0.15) is 0 Å². The van der Waals surface area contributed by atoms with Crippen LogP contribution in [0.15, 0.2) is 23.1 Å². The molecule has 0 aliphatic carbocycles. The summed E-state index contributed by atoms with van der Waals surface area (Å²) in [6.45, 7) is 6.49. The molecule has 134 valence electrons. The zero-order chi connectivity index (χ0) is 17.8. The molecule has 0 aromatic heterocycles. The summed E-state index contributed by atoms with van der Waals surface area (Å²) in [5, 5.41) is -0.214. The van der Waals surface area contributed by atoms with Crippen LogP contribution < -0.4 is 9.47 Å². The van der Waals surface area contributed by atoms with Crippen molar-refractivity contribution in [3.63, 3.8) is 0 Å². The molecule has 1 saturated heterocycles. The predicted octanol–water partition coefficient (Wildman–Crippen LogP) is 3.53. The first kappa shape index (κ1) is 17.8. The Morgan fingerprint density at radius 3 is 2.60 bits per heavy atom. The predicted molar refractivity (Wildman–Crippen MR) is 97.4 cm³/mol. The number of benzene rings is 1. The van der Waals surface area contributed by atoms with Gasteiger partial charge >= 0.3 is 0 Å². The van der Waals surface area contributed by atoms with Gasteiger partial charge in [0.25, 0.3) is 11.1 Å². The Balaban J connectivity index is 1.74. The maximum absolute atomic E-state index is 12.6. The van der Waals surface area contributed by atoms with E-state index in [-0.39, 0.29) is 17.9 Å². The Kier molecular flexibility index (Phi) is 5.65. The van der Waals surface area contributed by atoms with Crippen molar-refractivity contribution in [2.45, 2.75) is 26.7 Å². The van der Waals surface area contributed by atoms with Crippen LogP contribution in [-0.4, -0.2) is 47.5 Å². The molecule has 6 nitrogen and oxygen atoms in total. The minimum absolute atomic E-state index is 0.208. The smallest absolute Gasteiger partial charge is 0.294 e. The number of rotatable bonds is 7. The number of fused-ring (bicyclic) bond motifs is 1. The van der Waals surface area contributed by atoms with Crippen molar-refractivity contribution in [3.8, 4) is 11.5 Å². The summed E-state index contributed by atoms with van der Waals surface area (Å²) in [5.74, 6) is 1.12. The first-order chi connectivity index (χ1) is 12.1. The van der Waals surface area contributed by atoms with Gasteiger partial charge in [-0.1, -0.05) is 19.9 Å². The van der Waals surface area contributed by atoms with Gasteiger partial charge in [-0.05, 0) is 61.5 Å². The van der Waals surface area contributed by atoms with E-state index >= 15 is 0 Å². The number of carbonyl (C=O) groups is 2. The van der Waals surface area contributed by atoms with Crippen molar-refractivity contribution in [2.24, 2.45) is 0 Å². The molecule has 0 unspecified atom stereocenters. The average molecular weight is 362 g/mol. The van der Waals surface area contributed by atoms with Crippen LogP contribution in [0.4, 0.5) is 4.79 Å². The summed E-state index contributed by atoms with van der Waals surface area (Å²) in [6.07, 6.45) is 3.71. The summed E-state index contributed by atoms with van der Waals surface area (Å²) < 4.78 is 10.6. The van der Waals surface area contributed by atoms with Crippen molar-refractivity contribution >= 4 is 29.0 Å². The van der Waals surface area contributed by atoms with E-state index in [0.717, 1.165) is 43.3 Å². The molecule has 0 bridgehead atoms. The van der Waals surface area contributed by atoms with E-state index in [1.165, 1.54) is 4.90 Å². The maximum atomic E-state index is 12.6. The second-order valence-electron chi connectivity index (χ2n) is 5.98. The molecular formula is C18H22N2O4S. The largest absolute Gasteiger partial charge is 0.454 e. The van der Waals surface area contributed by atoms with Gasteiger partial charge in [0.1, 0.15) is 0 Å². The highest BCUT2D eigenvalue weighted by Crippen LogP contribution is 2.36. The van der Waals surface area contributed by atoms with Crippen LogP contribution in [0.1, 0.15) is 32.3 Å². The molecule has 1 aromatic rings. The molecule has 7 heteroatoms. The van der Waals surface area contributed by atoms with Gasteiger partial charge in [0, 0.05) is 0 Å². The zero-order valence-corrected chi connectivity index (χ0v) is 15.3. The van der Waals surface area contributed by atoms with Gasteiger partial charge in [-0.3, -0.25) is 19.4 Å². The van der Waals surface area contributed by atoms with E-state index < -0.39 is 0 Å². The lowest BCUT2D eigenvalue weighted by atomic mass is 10.2. The Morgan fingerprint density at radius 1 is 1.16 bits per heavy atom. The van der Waals surface area contributed by atoms with Gasteiger partial charge in [0.15, 0.2) is 11.5 Å². The number of amides is 2. The van der Waals surface area contributed by atoms with Crippen LogP contribution in [0.3, 0.4) is 0 Å². The van der Waals surface area contributed by atoms with Crippen LogP contribution in [0.5, 0.6) is 11.5 Å². The zero-order valence-electron chi connectivity index (χ0n) is 14.5. The lowest BCUT2D eigenvalue weighted by molar-refractivity contribution is -0.124. The summed E-state index contributed by atoms with van der Waals surface area (Å²) in [6, 6.07) is 5.47. The van der Waals surface area contributed by atoms with Gasteiger partial charge in [-0.25, -0.2) is 0 Å². The fraction of sp³-hybridized carbons (Fsp3) is 0.444. The normalized spacial score (nSPS) is 18.0. The van der Waals surface area contributed by atoms with Gasteiger partial charge in [0.05, 0.1) is 11.6 Å². The van der Waals surface area contributed by atoms with Gasteiger partial charge in [-0.15, -0.1) is 0 Å². The van der Waals surface area contributed by atoms with E-state index in [1.807, 2.05) is 18.2 Å². The monoisotopic (exact) mass is 362 g/mol. The van der Waals surface area contributed by atoms with E-state index in [0.29, 0.717) is 23.1 Å². The molecule has 0 atom stereocenters. The van der Waals surface area contributed by atoms with Crippen LogP contribution >= 0.6 is 11.8 Å². The first-order valence-electron chi connectivity index (χ1n) is 8.49. The van der Waals surface area contributed by atoms with Crippen molar-refractivity contribution in [3.05, 3.63) is 28.7 Å². The summed E-state index contributed by atoms with van der Waals surface area (Å²) in [7, 11) is 0. The Morgan fingerprint density at radius 2 is 1.88 bits per heavy atom. The molecule has 0 N–H and O–H groups in total. The molecule has 2 aliphatic heterocycles. The van der Waals surface area contributed by atoms with Crippen molar-refractivity contribution in [1.29, 1.82) is 0 Å². The lowest BCUT2D eigenvalue weighted by Crippen LogP contribution is -2.41. The van der Waals surface area contributed by atoms with Crippen LogP contribution in [0.25, 0.3) is 6.08 Å². The highest BCUT2D eigenvalue weighted by molar-refractivity contribution is 8.18. The van der Waals surface area contributed by atoms with Crippen molar-refractivity contribution in [1.82, 2.24) is 9.80 Å². The molecule has 1 fully saturated rings. The number of thioether (sulfide) groups is 1. The minimum Gasteiger partial charge on any atom is -0.454 e. The average Bonchev–Trinajstić information content (AvgIpc) is 3.15. The Bertz CT molecular complexity index is 698. The van der Waals surface area contributed by atoms with Crippen LogP contribution in [0, 0.1) is 0 Å². The number of imide groups is 1. The number of hydrogen-bond donors (Lipinski definition) is 0. The molecule has 2 amide bonds. The molecule has 2 heterocycles. The van der Waals surface area contributed by atoms with Crippen LogP contribution in [0.2, 0.25) is 0 Å². The maximum Gasteiger partial charge on any atom is 0.294 e. The third-order valence-corrected chi connectivity index (χ3v) is 4.90. The second kappa shape index (κ2) is 7.93. The molecule has 0 saturated carbocycles. The number of carbonyl (C=O) groups excluding carboxylic acids is 2. The Labute approximate surface area is 151 Å². The summed E-state index contributed by atoms with van der Waals surface area (Å²) in [4.78, 5) is 28.8. The third kappa shape index (κ3) is 3.99. The molecule has 2 aliphatic rings. The Hall–Kier alpha value is -1.99. The number of ether oxygens (including phenoxy) is 2.